The van der Waals surface area contributed by atoms with Gasteiger partial charge in [0, 0.05) is 24.3 Å². The molecule has 3 aromatic rings. The van der Waals surface area contributed by atoms with Gasteiger partial charge < -0.3 is 4.90 Å². The van der Waals surface area contributed by atoms with Crippen molar-refractivity contribution < 1.29 is 13.2 Å². The van der Waals surface area contributed by atoms with E-state index in [-0.39, 0.29) is 17.3 Å². The number of aryl methyl sites for hydroxylation is 2. The van der Waals surface area contributed by atoms with Gasteiger partial charge in [-0.15, -0.1) is 0 Å². The molecule has 3 aromatic carbocycles. The molecule has 0 aromatic heterocycles. The molecule has 0 spiro atoms. The first-order chi connectivity index (χ1) is 14.3. The Morgan fingerprint density at radius 1 is 0.933 bits per heavy atom. The highest BCUT2D eigenvalue weighted by molar-refractivity contribution is 7.89. The molecule has 0 fully saturated rings. The normalized spacial score (nSPS) is 13.3. The van der Waals surface area contributed by atoms with Crippen LogP contribution in [0.3, 0.4) is 0 Å². The van der Waals surface area contributed by atoms with Gasteiger partial charge in [0.25, 0.3) is 5.91 Å². The average Bonchev–Trinajstić information content (AvgIpc) is 3.17. The highest BCUT2D eigenvalue weighted by atomic mass is 32.2. The van der Waals surface area contributed by atoms with Gasteiger partial charge in [-0.05, 0) is 61.7 Å². The van der Waals surface area contributed by atoms with Crippen molar-refractivity contribution in [3.8, 4) is 0 Å². The Balaban J connectivity index is 1.52. The molecule has 0 radical (unpaired) electrons. The smallest absolute Gasteiger partial charge is 0.258 e. The Morgan fingerprint density at radius 3 is 2.23 bits per heavy atom. The van der Waals surface area contributed by atoms with Crippen molar-refractivity contribution >= 4 is 21.6 Å². The van der Waals surface area contributed by atoms with Gasteiger partial charge in [0.2, 0.25) is 10.0 Å². The van der Waals surface area contributed by atoms with E-state index in [0.29, 0.717) is 18.5 Å². The van der Waals surface area contributed by atoms with Crippen LogP contribution in [0.2, 0.25) is 0 Å². The standard InChI is InChI=1S/C24H24N2O3S/c1-17-3-7-19(8-4-17)16-25-30(28,29)22-11-12-23-21(15-22)13-14-26(23)24(27)20-9-5-18(2)6-10-20/h3-12,15,25H,13-14,16H2,1-2H3. The van der Waals surface area contributed by atoms with Gasteiger partial charge in [-0.25, -0.2) is 13.1 Å². The number of benzene rings is 3. The van der Waals surface area contributed by atoms with E-state index in [0.717, 1.165) is 27.9 Å². The van der Waals surface area contributed by atoms with Crippen LogP contribution in [0.25, 0.3) is 0 Å². The summed E-state index contributed by atoms with van der Waals surface area (Å²) in [5, 5.41) is 0. The molecular weight excluding hydrogens is 396 g/mol. The van der Waals surface area contributed by atoms with Gasteiger partial charge in [-0.2, -0.15) is 0 Å². The number of hydrogen-bond donors (Lipinski definition) is 1. The van der Waals surface area contributed by atoms with E-state index < -0.39 is 10.0 Å². The summed E-state index contributed by atoms with van der Waals surface area (Å²) >= 11 is 0. The molecule has 30 heavy (non-hydrogen) atoms. The fourth-order valence-corrected chi connectivity index (χ4v) is 4.64. The zero-order valence-electron chi connectivity index (χ0n) is 17.1. The van der Waals surface area contributed by atoms with Crippen molar-refractivity contribution in [3.05, 3.63) is 94.5 Å². The fraction of sp³-hybridized carbons (Fsp3) is 0.208. The number of amides is 1. The lowest BCUT2D eigenvalue weighted by Gasteiger charge is -2.18. The summed E-state index contributed by atoms with van der Waals surface area (Å²) in [7, 11) is -3.64. The average molecular weight is 421 g/mol. The van der Waals surface area contributed by atoms with Crippen LogP contribution in [-0.4, -0.2) is 20.9 Å². The van der Waals surface area contributed by atoms with Crippen LogP contribution in [-0.2, 0) is 23.0 Å². The van der Waals surface area contributed by atoms with Crippen molar-refractivity contribution in [2.75, 3.05) is 11.4 Å². The van der Waals surface area contributed by atoms with E-state index in [1.54, 1.807) is 23.1 Å². The Hall–Kier alpha value is -2.96. The largest absolute Gasteiger partial charge is 0.308 e. The van der Waals surface area contributed by atoms with Gasteiger partial charge in [0.1, 0.15) is 0 Å². The Labute approximate surface area is 177 Å². The minimum atomic E-state index is -3.64. The molecule has 0 saturated carbocycles. The van der Waals surface area contributed by atoms with Gasteiger partial charge in [-0.1, -0.05) is 47.5 Å². The first-order valence-corrected chi connectivity index (χ1v) is 11.4. The maximum absolute atomic E-state index is 12.9. The molecule has 0 saturated heterocycles. The molecule has 1 amide bonds. The highest BCUT2D eigenvalue weighted by Gasteiger charge is 2.27. The van der Waals surface area contributed by atoms with E-state index in [2.05, 4.69) is 4.72 Å². The molecule has 1 N–H and O–H groups in total. The first-order valence-electron chi connectivity index (χ1n) is 9.90. The van der Waals surface area contributed by atoms with Gasteiger partial charge in [-0.3, -0.25) is 4.79 Å². The van der Waals surface area contributed by atoms with Crippen LogP contribution in [0.1, 0.15) is 32.6 Å². The third-order valence-electron chi connectivity index (χ3n) is 5.39. The second-order valence-electron chi connectivity index (χ2n) is 7.67. The number of anilines is 1. The summed E-state index contributed by atoms with van der Waals surface area (Å²) in [5.41, 5.74) is 5.41. The summed E-state index contributed by atoms with van der Waals surface area (Å²) < 4.78 is 28.2. The van der Waals surface area contributed by atoms with E-state index in [1.165, 1.54) is 0 Å². The van der Waals surface area contributed by atoms with Crippen molar-refractivity contribution in [1.82, 2.24) is 4.72 Å². The molecule has 4 rings (SSSR count). The molecule has 0 aliphatic carbocycles. The van der Waals surface area contributed by atoms with Crippen molar-refractivity contribution in [1.29, 1.82) is 0 Å². The van der Waals surface area contributed by atoms with E-state index in [1.807, 2.05) is 62.4 Å². The molecule has 1 aliphatic heterocycles. The van der Waals surface area contributed by atoms with Gasteiger partial charge in [0.05, 0.1) is 4.90 Å². The van der Waals surface area contributed by atoms with Crippen LogP contribution in [0.4, 0.5) is 5.69 Å². The van der Waals surface area contributed by atoms with E-state index >= 15 is 0 Å². The number of sulfonamides is 1. The molecular formula is C24H24N2O3S. The predicted molar refractivity (Wildman–Crippen MR) is 118 cm³/mol. The van der Waals surface area contributed by atoms with Gasteiger partial charge >= 0.3 is 0 Å². The highest BCUT2D eigenvalue weighted by Crippen LogP contribution is 2.31. The number of nitrogens with zero attached hydrogens (tertiary/aromatic N) is 1. The number of nitrogens with one attached hydrogen (secondary N) is 1. The number of carbonyl (C=O) groups is 1. The topological polar surface area (TPSA) is 66.5 Å². The summed E-state index contributed by atoms with van der Waals surface area (Å²) in [5.74, 6) is -0.0677. The molecule has 1 heterocycles. The number of rotatable bonds is 5. The van der Waals surface area contributed by atoms with Crippen LogP contribution in [0, 0.1) is 13.8 Å². The predicted octanol–water partition coefficient (Wildman–Crippen LogP) is 3.98. The molecule has 5 nitrogen and oxygen atoms in total. The molecule has 0 bridgehead atoms. The minimum Gasteiger partial charge on any atom is -0.308 e. The Kier molecular flexibility index (Phi) is 5.45. The zero-order valence-corrected chi connectivity index (χ0v) is 17.9. The van der Waals surface area contributed by atoms with Crippen LogP contribution in [0.5, 0.6) is 0 Å². The van der Waals surface area contributed by atoms with Crippen LogP contribution in [0.15, 0.2) is 71.6 Å². The lowest BCUT2D eigenvalue weighted by molar-refractivity contribution is 0.0989. The van der Waals surface area contributed by atoms with Crippen LogP contribution >= 0.6 is 0 Å². The second-order valence-corrected chi connectivity index (χ2v) is 9.44. The Bertz CT molecular complexity index is 1180. The monoisotopic (exact) mass is 420 g/mol. The Morgan fingerprint density at radius 2 is 1.57 bits per heavy atom. The molecule has 154 valence electrons. The summed E-state index contributed by atoms with van der Waals surface area (Å²) in [6.07, 6.45) is 0.633. The van der Waals surface area contributed by atoms with E-state index in [9.17, 15) is 13.2 Å². The van der Waals surface area contributed by atoms with Crippen molar-refractivity contribution in [3.63, 3.8) is 0 Å². The fourth-order valence-electron chi connectivity index (χ4n) is 3.58. The number of carbonyl (C=O) groups excluding carboxylic acids is 1. The zero-order chi connectivity index (χ0) is 21.3. The third kappa shape index (κ3) is 4.15. The van der Waals surface area contributed by atoms with Crippen LogP contribution < -0.4 is 9.62 Å². The third-order valence-corrected chi connectivity index (χ3v) is 6.79. The SMILES string of the molecule is Cc1ccc(CNS(=O)(=O)c2ccc3c(c2)CCN3C(=O)c2ccc(C)cc2)cc1. The molecule has 6 heteroatoms. The minimum absolute atomic E-state index is 0.0677. The summed E-state index contributed by atoms with van der Waals surface area (Å²) in [6, 6.07) is 20.2. The molecule has 0 atom stereocenters. The second kappa shape index (κ2) is 8.05. The lowest BCUT2D eigenvalue weighted by atomic mass is 10.1. The van der Waals surface area contributed by atoms with E-state index in [4.69, 9.17) is 0 Å². The summed E-state index contributed by atoms with van der Waals surface area (Å²) in [4.78, 5) is 14.8. The maximum atomic E-state index is 12.9. The maximum Gasteiger partial charge on any atom is 0.258 e. The lowest BCUT2D eigenvalue weighted by Crippen LogP contribution is -2.28. The molecule has 1 aliphatic rings. The van der Waals surface area contributed by atoms with Crippen molar-refractivity contribution in [2.24, 2.45) is 0 Å². The van der Waals surface area contributed by atoms with Gasteiger partial charge in [0.15, 0.2) is 0 Å². The molecule has 0 unspecified atom stereocenters. The summed E-state index contributed by atoms with van der Waals surface area (Å²) in [6.45, 7) is 4.75. The number of hydrogen-bond acceptors (Lipinski definition) is 3. The number of fused-ring (bicyclic) bond motifs is 1. The first kappa shape index (κ1) is 20.3. The quantitative estimate of drug-likeness (QED) is 0.679. The van der Waals surface area contributed by atoms with Crippen molar-refractivity contribution in [2.45, 2.75) is 31.7 Å².